The van der Waals surface area contributed by atoms with Crippen molar-refractivity contribution in [2.75, 3.05) is 0 Å². The van der Waals surface area contributed by atoms with Gasteiger partial charge >= 0.3 is 0 Å². The molecule has 0 bridgehead atoms. The van der Waals surface area contributed by atoms with Gasteiger partial charge in [0.05, 0.1) is 0 Å². The lowest BCUT2D eigenvalue weighted by Crippen LogP contribution is -2.59. The Hall–Kier alpha value is -0.340. The summed E-state index contributed by atoms with van der Waals surface area (Å²) in [6.07, 6.45) is 6.46. The van der Waals surface area contributed by atoms with E-state index < -0.39 is 0 Å². The Kier molecular flexibility index (Phi) is 3.07. The fourth-order valence-electron chi connectivity index (χ4n) is 2.40. The first-order valence-electron chi connectivity index (χ1n) is 5.61. The van der Waals surface area contributed by atoms with E-state index in [1.54, 1.807) is 0 Å². The molecule has 0 amide bonds. The molecule has 14 heavy (non-hydrogen) atoms. The Morgan fingerprint density at radius 3 is 2.14 bits per heavy atom. The highest BCUT2D eigenvalue weighted by atomic mass is 14.8. The zero-order valence-electron chi connectivity index (χ0n) is 9.88. The van der Waals surface area contributed by atoms with Gasteiger partial charge in [-0.05, 0) is 12.8 Å². The zero-order valence-corrected chi connectivity index (χ0v) is 9.88. The van der Waals surface area contributed by atoms with Crippen LogP contribution in [0.25, 0.3) is 0 Å². The molecule has 82 valence electrons. The molecule has 2 heteroatoms. The lowest BCUT2D eigenvalue weighted by molar-refractivity contribution is 0.111. The van der Waals surface area contributed by atoms with Gasteiger partial charge in [0, 0.05) is 22.9 Å². The molecular formula is C12H24N2. The van der Waals surface area contributed by atoms with Gasteiger partial charge in [0.25, 0.3) is 0 Å². The average Bonchev–Trinajstić information content (AvgIpc) is 2.21. The molecule has 0 aromatic rings. The van der Waals surface area contributed by atoms with E-state index in [0.29, 0.717) is 0 Å². The number of hydrogen-bond donors (Lipinski definition) is 2. The molecule has 0 aromatic carbocycles. The van der Waals surface area contributed by atoms with Gasteiger partial charge in [-0.3, -0.25) is 0 Å². The third kappa shape index (κ3) is 1.51. The Labute approximate surface area is 87.7 Å². The van der Waals surface area contributed by atoms with Gasteiger partial charge in [-0.25, -0.2) is 0 Å². The van der Waals surface area contributed by atoms with E-state index in [1.807, 2.05) is 0 Å². The maximum Gasteiger partial charge on any atom is 0.0293 e. The molecule has 4 atom stereocenters. The highest BCUT2D eigenvalue weighted by Crippen LogP contribution is 2.44. The van der Waals surface area contributed by atoms with E-state index in [2.05, 4.69) is 39.8 Å². The van der Waals surface area contributed by atoms with E-state index in [9.17, 15) is 0 Å². The molecule has 0 saturated heterocycles. The SMILES string of the molecule is CCC1(C)C=CC(N)C(C)(CC)C1N. The van der Waals surface area contributed by atoms with Crippen LogP contribution in [0.1, 0.15) is 40.5 Å². The topological polar surface area (TPSA) is 52.0 Å². The molecule has 4 unspecified atom stereocenters. The summed E-state index contributed by atoms with van der Waals surface area (Å²) in [6, 6.07) is 0.257. The summed E-state index contributed by atoms with van der Waals surface area (Å²) in [7, 11) is 0. The van der Waals surface area contributed by atoms with Gasteiger partial charge in [0.1, 0.15) is 0 Å². The van der Waals surface area contributed by atoms with Gasteiger partial charge < -0.3 is 11.5 Å². The molecule has 0 radical (unpaired) electrons. The Bertz CT molecular complexity index is 236. The van der Waals surface area contributed by atoms with Gasteiger partial charge in [-0.2, -0.15) is 0 Å². The molecule has 0 heterocycles. The molecule has 0 spiro atoms. The molecule has 1 aliphatic rings. The monoisotopic (exact) mass is 196 g/mol. The van der Waals surface area contributed by atoms with Crippen molar-refractivity contribution in [3.05, 3.63) is 12.2 Å². The van der Waals surface area contributed by atoms with Crippen LogP contribution in [0.15, 0.2) is 12.2 Å². The largest absolute Gasteiger partial charge is 0.326 e. The second kappa shape index (κ2) is 3.67. The third-order valence-electron chi connectivity index (χ3n) is 4.39. The fourth-order valence-corrected chi connectivity index (χ4v) is 2.40. The quantitative estimate of drug-likeness (QED) is 0.664. The first-order chi connectivity index (χ1) is 6.40. The lowest BCUT2D eigenvalue weighted by Gasteiger charge is -2.50. The summed E-state index contributed by atoms with van der Waals surface area (Å²) in [6.45, 7) is 8.81. The van der Waals surface area contributed by atoms with Crippen LogP contribution in [0.4, 0.5) is 0 Å². The van der Waals surface area contributed by atoms with Crippen LogP contribution < -0.4 is 11.5 Å². The van der Waals surface area contributed by atoms with Crippen molar-refractivity contribution in [1.29, 1.82) is 0 Å². The van der Waals surface area contributed by atoms with E-state index in [1.165, 1.54) is 0 Å². The van der Waals surface area contributed by atoms with Crippen LogP contribution >= 0.6 is 0 Å². The van der Waals surface area contributed by atoms with Crippen molar-refractivity contribution in [3.63, 3.8) is 0 Å². The number of hydrogen-bond acceptors (Lipinski definition) is 2. The predicted octanol–water partition coefficient (Wildman–Crippen LogP) is 2.04. The van der Waals surface area contributed by atoms with Crippen LogP contribution in [0.2, 0.25) is 0 Å². The molecule has 0 aliphatic heterocycles. The Morgan fingerprint density at radius 1 is 1.14 bits per heavy atom. The fraction of sp³-hybridized carbons (Fsp3) is 0.833. The van der Waals surface area contributed by atoms with Crippen LogP contribution in [-0.2, 0) is 0 Å². The minimum atomic E-state index is 0.0412. The molecular weight excluding hydrogens is 172 g/mol. The first kappa shape index (κ1) is 11.7. The van der Waals surface area contributed by atoms with E-state index >= 15 is 0 Å². The van der Waals surface area contributed by atoms with Crippen molar-refractivity contribution in [1.82, 2.24) is 0 Å². The first-order valence-corrected chi connectivity index (χ1v) is 5.61. The van der Waals surface area contributed by atoms with Crippen LogP contribution in [-0.4, -0.2) is 12.1 Å². The predicted molar refractivity (Wildman–Crippen MR) is 61.9 cm³/mol. The molecule has 4 N–H and O–H groups in total. The van der Waals surface area contributed by atoms with E-state index in [-0.39, 0.29) is 22.9 Å². The van der Waals surface area contributed by atoms with Crippen molar-refractivity contribution in [2.45, 2.75) is 52.6 Å². The lowest BCUT2D eigenvalue weighted by atomic mass is 9.59. The normalized spacial score (nSPS) is 48.1. The Balaban J connectivity index is 3.07. The second-order valence-electron chi connectivity index (χ2n) is 5.08. The second-order valence-corrected chi connectivity index (χ2v) is 5.08. The van der Waals surface area contributed by atoms with Crippen LogP contribution in [0.3, 0.4) is 0 Å². The van der Waals surface area contributed by atoms with E-state index in [4.69, 9.17) is 11.5 Å². The van der Waals surface area contributed by atoms with Gasteiger partial charge in [0.15, 0.2) is 0 Å². The molecule has 0 aromatic heterocycles. The maximum absolute atomic E-state index is 6.37. The Morgan fingerprint density at radius 2 is 1.71 bits per heavy atom. The number of nitrogens with two attached hydrogens (primary N) is 2. The van der Waals surface area contributed by atoms with Crippen molar-refractivity contribution >= 4 is 0 Å². The highest BCUT2D eigenvalue weighted by Gasteiger charge is 2.46. The molecule has 1 rings (SSSR count). The van der Waals surface area contributed by atoms with Crippen molar-refractivity contribution < 1.29 is 0 Å². The summed E-state index contributed by atoms with van der Waals surface area (Å²) in [4.78, 5) is 0. The summed E-state index contributed by atoms with van der Waals surface area (Å²) in [5.74, 6) is 0. The maximum atomic E-state index is 6.37. The molecule has 2 nitrogen and oxygen atoms in total. The summed E-state index contributed by atoms with van der Waals surface area (Å²) in [5.41, 5.74) is 12.6. The highest BCUT2D eigenvalue weighted by molar-refractivity contribution is 5.19. The molecule has 0 fully saturated rings. The zero-order chi connectivity index (χ0) is 11.0. The third-order valence-corrected chi connectivity index (χ3v) is 4.39. The van der Waals surface area contributed by atoms with Crippen LogP contribution in [0.5, 0.6) is 0 Å². The smallest absolute Gasteiger partial charge is 0.0293 e. The summed E-state index contributed by atoms with van der Waals surface area (Å²) in [5, 5.41) is 0. The van der Waals surface area contributed by atoms with Gasteiger partial charge in [-0.15, -0.1) is 0 Å². The molecule has 0 saturated carbocycles. The minimum Gasteiger partial charge on any atom is -0.326 e. The van der Waals surface area contributed by atoms with Gasteiger partial charge in [-0.1, -0.05) is 39.8 Å². The standard InChI is InChI=1S/C12H24N2/c1-5-11(3)8-7-9(13)12(4,6-2)10(11)14/h7-10H,5-6,13-14H2,1-4H3. The van der Waals surface area contributed by atoms with Gasteiger partial charge in [0.2, 0.25) is 0 Å². The average molecular weight is 196 g/mol. The minimum absolute atomic E-state index is 0.0412. The van der Waals surface area contributed by atoms with Crippen molar-refractivity contribution in [3.8, 4) is 0 Å². The summed E-state index contributed by atoms with van der Waals surface area (Å²) >= 11 is 0. The van der Waals surface area contributed by atoms with E-state index in [0.717, 1.165) is 12.8 Å². The molecule has 1 aliphatic carbocycles. The number of rotatable bonds is 2. The van der Waals surface area contributed by atoms with Crippen molar-refractivity contribution in [2.24, 2.45) is 22.3 Å². The van der Waals surface area contributed by atoms with Crippen LogP contribution in [0, 0.1) is 10.8 Å². The summed E-state index contributed by atoms with van der Waals surface area (Å²) < 4.78 is 0.